The second kappa shape index (κ2) is 9.77. The number of thiazole rings is 1. The summed E-state index contributed by atoms with van der Waals surface area (Å²) in [6, 6.07) is 5.16. The van der Waals surface area contributed by atoms with E-state index < -0.39 is 5.91 Å². The molecule has 0 aliphatic heterocycles. The molecule has 2 amide bonds. The highest BCUT2D eigenvalue weighted by molar-refractivity contribution is 7.19. The lowest BCUT2D eigenvalue weighted by molar-refractivity contribution is -0.114. The van der Waals surface area contributed by atoms with Crippen molar-refractivity contribution in [1.29, 1.82) is 0 Å². The fourth-order valence-electron chi connectivity index (χ4n) is 2.44. The molecule has 0 bridgehead atoms. The van der Waals surface area contributed by atoms with Gasteiger partial charge in [-0.3, -0.25) is 14.9 Å². The van der Waals surface area contributed by atoms with Crippen LogP contribution in [0.2, 0.25) is 0 Å². The van der Waals surface area contributed by atoms with Crippen LogP contribution >= 0.6 is 11.3 Å². The third-order valence-corrected chi connectivity index (χ3v) is 4.71. The number of amides is 2. The number of carbonyl (C=O) groups excluding carboxylic acids is 2. The number of aryl methyl sites for hydroxylation is 1. The first-order valence-corrected chi connectivity index (χ1v) is 9.54. The van der Waals surface area contributed by atoms with Crippen LogP contribution < -0.4 is 16.0 Å². The first kappa shape index (κ1) is 20.5. The van der Waals surface area contributed by atoms with E-state index in [1.54, 1.807) is 25.1 Å². The Balaban J connectivity index is 2.18. The maximum absolute atomic E-state index is 12.6. The second-order valence-corrected chi connectivity index (χ2v) is 7.01. The number of nitrogens with one attached hydrogen (secondary N) is 3. The number of carbonyl (C=O) groups is 2. The van der Waals surface area contributed by atoms with Crippen LogP contribution in [0.1, 0.15) is 49.2 Å². The summed E-state index contributed by atoms with van der Waals surface area (Å²) in [6.45, 7) is 5.99. The number of unbranched alkanes of at least 4 members (excludes halogenated alkanes) is 2. The lowest BCUT2D eigenvalue weighted by Crippen LogP contribution is -2.17. The standard InChI is InChI=1S/C18H23N5O3S/c1-4-5-6-9-19-13-7-8-14(15(10-13)21-12(3)24)16(25)22-18-20-11(2)17(23-26)27-18/h7-8,10,19H,4-6,9H2,1-3H3,(H,21,24)(H,20,22,25). The van der Waals surface area contributed by atoms with E-state index in [4.69, 9.17) is 0 Å². The van der Waals surface area contributed by atoms with E-state index in [-0.39, 0.29) is 16.0 Å². The Kier molecular flexibility index (Phi) is 7.42. The molecular weight excluding hydrogens is 366 g/mol. The molecule has 0 aliphatic carbocycles. The molecule has 0 spiro atoms. The molecule has 8 nitrogen and oxygen atoms in total. The summed E-state index contributed by atoms with van der Waals surface area (Å²) in [7, 11) is 0. The molecule has 1 heterocycles. The topological polar surface area (TPSA) is 113 Å². The van der Waals surface area contributed by atoms with Gasteiger partial charge in [-0.25, -0.2) is 4.98 Å². The monoisotopic (exact) mass is 389 g/mol. The highest BCUT2D eigenvalue weighted by Gasteiger charge is 2.16. The molecule has 0 atom stereocenters. The van der Waals surface area contributed by atoms with Gasteiger partial charge in [0.1, 0.15) is 0 Å². The molecule has 1 aromatic carbocycles. The average molecular weight is 389 g/mol. The lowest BCUT2D eigenvalue weighted by atomic mass is 10.1. The van der Waals surface area contributed by atoms with Crippen molar-refractivity contribution in [2.75, 3.05) is 22.5 Å². The summed E-state index contributed by atoms with van der Waals surface area (Å²) in [5.74, 6) is -0.702. The fraction of sp³-hybridized carbons (Fsp3) is 0.389. The Hall–Kier alpha value is -2.81. The van der Waals surface area contributed by atoms with E-state index in [0.717, 1.165) is 42.8 Å². The Morgan fingerprint density at radius 2 is 2.00 bits per heavy atom. The number of hydrogen-bond acceptors (Lipinski definition) is 7. The average Bonchev–Trinajstić information content (AvgIpc) is 2.97. The Morgan fingerprint density at radius 1 is 1.22 bits per heavy atom. The van der Waals surface area contributed by atoms with Gasteiger partial charge >= 0.3 is 0 Å². The molecule has 3 N–H and O–H groups in total. The van der Waals surface area contributed by atoms with Gasteiger partial charge in [0, 0.05) is 19.2 Å². The summed E-state index contributed by atoms with van der Waals surface area (Å²) < 4.78 is 0. The number of anilines is 3. The lowest BCUT2D eigenvalue weighted by Gasteiger charge is -2.13. The quantitative estimate of drug-likeness (QED) is 0.426. The Labute approximate surface area is 161 Å². The van der Waals surface area contributed by atoms with Gasteiger partial charge in [-0.1, -0.05) is 31.1 Å². The van der Waals surface area contributed by atoms with Crippen LogP contribution in [-0.4, -0.2) is 23.3 Å². The van der Waals surface area contributed by atoms with Gasteiger partial charge in [0.15, 0.2) is 10.1 Å². The molecule has 0 saturated carbocycles. The Morgan fingerprint density at radius 3 is 2.63 bits per heavy atom. The minimum absolute atomic E-state index is 0.221. The summed E-state index contributed by atoms with van der Waals surface area (Å²) in [6.07, 6.45) is 3.32. The number of benzene rings is 1. The summed E-state index contributed by atoms with van der Waals surface area (Å²) in [5, 5.41) is 12.0. The van der Waals surface area contributed by atoms with Crippen molar-refractivity contribution in [3.8, 4) is 0 Å². The predicted molar refractivity (Wildman–Crippen MR) is 109 cm³/mol. The maximum Gasteiger partial charge on any atom is 0.259 e. The molecule has 0 saturated heterocycles. The fourth-order valence-corrected chi connectivity index (χ4v) is 3.18. The Bertz CT molecular complexity index is 834. The third-order valence-electron chi connectivity index (χ3n) is 3.76. The minimum atomic E-state index is -0.428. The molecule has 0 radical (unpaired) electrons. The normalized spacial score (nSPS) is 10.3. The van der Waals surface area contributed by atoms with Crippen molar-refractivity contribution in [3.05, 3.63) is 34.4 Å². The van der Waals surface area contributed by atoms with Crippen LogP contribution in [0.15, 0.2) is 23.4 Å². The molecule has 9 heteroatoms. The van der Waals surface area contributed by atoms with Gasteiger partial charge in [-0.15, -0.1) is 4.91 Å². The molecule has 1 aromatic heterocycles. The zero-order chi connectivity index (χ0) is 19.8. The highest BCUT2D eigenvalue weighted by Crippen LogP contribution is 2.31. The van der Waals surface area contributed by atoms with E-state index in [2.05, 4.69) is 33.0 Å². The van der Waals surface area contributed by atoms with E-state index in [9.17, 15) is 14.5 Å². The van der Waals surface area contributed by atoms with Crippen LogP contribution in [0.4, 0.5) is 21.5 Å². The van der Waals surface area contributed by atoms with Crippen molar-refractivity contribution in [2.45, 2.75) is 40.0 Å². The molecular formula is C18H23N5O3S. The van der Waals surface area contributed by atoms with Crippen LogP contribution in [0.3, 0.4) is 0 Å². The highest BCUT2D eigenvalue weighted by atomic mass is 32.1. The molecule has 0 aliphatic rings. The molecule has 144 valence electrons. The van der Waals surface area contributed by atoms with Crippen molar-refractivity contribution < 1.29 is 9.59 Å². The van der Waals surface area contributed by atoms with Crippen molar-refractivity contribution in [3.63, 3.8) is 0 Å². The van der Waals surface area contributed by atoms with Crippen LogP contribution in [0.5, 0.6) is 0 Å². The SMILES string of the molecule is CCCCCNc1ccc(C(=O)Nc2nc(C)c(N=O)s2)c(NC(C)=O)c1. The largest absolute Gasteiger partial charge is 0.385 e. The van der Waals surface area contributed by atoms with Gasteiger partial charge in [0.05, 0.1) is 16.9 Å². The molecule has 0 unspecified atom stereocenters. The van der Waals surface area contributed by atoms with E-state index >= 15 is 0 Å². The summed E-state index contributed by atoms with van der Waals surface area (Å²) in [5.41, 5.74) is 1.99. The second-order valence-electron chi connectivity index (χ2n) is 6.03. The van der Waals surface area contributed by atoms with E-state index in [1.165, 1.54) is 6.92 Å². The van der Waals surface area contributed by atoms with Gasteiger partial charge in [-0.2, -0.15) is 0 Å². The summed E-state index contributed by atoms with van der Waals surface area (Å²) >= 11 is 0.999. The third kappa shape index (κ3) is 5.85. The van der Waals surface area contributed by atoms with Crippen molar-refractivity contribution in [1.82, 2.24) is 4.98 Å². The summed E-state index contributed by atoms with van der Waals surface area (Å²) in [4.78, 5) is 38.9. The van der Waals surface area contributed by atoms with Crippen LogP contribution in [-0.2, 0) is 4.79 Å². The molecule has 0 fully saturated rings. The van der Waals surface area contributed by atoms with E-state index in [0.29, 0.717) is 16.9 Å². The van der Waals surface area contributed by atoms with E-state index in [1.807, 2.05) is 0 Å². The molecule has 27 heavy (non-hydrogen) atoms. The first-order chi connectivity index (χ1) is 12.9. The first-order valence-electron chi connectivity index (χ1n) is 8.72. The number of rotatable bonds is 9. The van der Waals surface area contributed by atoms with Gasteiger partial charge in [0.2, 0.25) is 5.91 Å². The maximum atomic E-state index is 12.6. The number of nitrogens with zero attached hydrogens (tertiary/aromatic N) is 2. The predicted octanol–water partition coefficient (Wildman–Crippen LogP) is 4.66. The van der Waals surface area contributed by atoms with Gasteiger partial charge in [0.25, 0.3) is 5.91 Å². The zero-order valence-corrected chi connectivity index (χ0v) is 16.4. The van der Waals surface area contributed by atoms with Crippen LogP contribution in [0, 0.1) is 11.8 Å². The van der Waals surface area contributed by atoms with Gasteiger partial charge < -0.3 is 10.6 Å². The van der Waals surface area contributed by atoms with Crippen LogP contribution in [0.25, 0.3) is 0 Å². The number of aromatic nitrogens is 1. The van der Waals surface area contributed by atoms with Crippen molar-refractivity contribution in [2.24, 2.45) is 5.18 Å². The number of hydrogen-bond donors (Lipinski definition) is 3. The molecule has 2 rings (SSSR count). The van der Waals surface area contributed by atoms with Crippen molar-refractivity contribution >= 4 is 44.7 Å². The minimum Gasteiger partial charge on any atom is -0.385 e. The van der Waals surface area contributed by atoms with Gasteiger partial charge in [-0.05, 0) is 36.7 Å². The number of nitroso groups, excluding NO2 is 1. The zero-order valence-electron chi connectivity index (χ0n) is 15.6. The smallest absolute Gasteiger partial charge is 0.259 e. The molecule has 2 aromatic rings.